The minimum Gasteiger partial charge on any atom is -0.353 e. The van der Waals surface area contributed by atoms with Crippen LogP contribution in [0.4, 0.5) is 17.2 Å². The first kappa shape index (κ1) is 20.5. The monoisotopic (exact) mass is 551 g/mol. The van der Waals surface area contributed by atoms with Crippen molar-refractivity contribution in [3.63, 3.8) is 0 Å². The van der Waals surface area contributed by atoms with Gasteiger partial charge in [0.25, 0.3) is 0 Å². The van der Waals surface area contributed by atoms with Crippen molar-refractivity contribution in [1.29, 1.82) is 0 Å². The molecule has 0 spiro atoms. The topological polar surface area (TPSA) is 71.8 Å². The molecule has 156 valence electrons. The number of rotatable bonds is 7. The van der Waals surface area contributed by atoms with Crippen molar-refractivity contribution in [2.75, 3.05) is 16.9 Å². The molecule has 2 N–H and O–H groups in total. The highest BCUT2D eigenvalue weighted by molar-refractivity contribution is 14.2. The minimum absolute atomic E-state index is 0.0612. The van der Waals surface area contributed by atoms with Crippen molar-refractivity contribution in [3.8, 4) is 0 Å². The minimum atomic E-state index is 0.0612. The third-order valence-corrected chi connectivity index (χ3v) is 8.54. The molecule has 6 nitrogen and oxygen atoms in total. The Labute approximate surface area is 194 Å². The molecule has 30 heavy (non-hydrogen) atoms. The second-order valence-corrected chi connectivity index (χ2v) is 10.8. The zero-order valence-corrected chi connectivity index (χ0v) is 20.8. The van der Waals surface area contributed by atoms with Crippen LogP contribution in [0, 0.1) is 12.8 Å². The number of hydrogen-bond acceptors (Lipinski definition) is 5. The van der Waals surface area contributed by atoms with Gasteiger partial charge in [-0.2, -0.15) is 0 Å². The summed E-state index contributed by atoms with van der Waals surface area (Å²) in [5.74, 6) is 2.43. The number of nitrogens with zero attached hydrogens (tertiary/aromatic N) is 3. The third kappa shape index (κ3) is 4.06. The number of halogens is 1. The molecule has 5 rings (SSSR count). The van der Waals surface area contributed by atoms with Crippen molar-refractivity contribution in [2.45, 2.75) is 43.4 Å². The van der Waals surface area contributed by atoms with Crippen molar-refractivity contribution in [2.24, 2.45) is 5.92 Å². The first-order valence-corrected chi connectivity index (χ1v) is 15.4. The molecule has 0 bridgehead atoms. The third-order valence-electron chi connectivity index (χ3n) is 5.61. The molecule has 2 heterocycles. The summed E-state index contributed by atoms with van der Waals surface area (Å²) in [6, 6.07) is 8.60. The number of benzene rings is 1. The van der Waals surface area contributed by atoms with Crippen LogP contribution in [0.1, 0.15) is 43.0 Å². The molecule has 9 heteroatoms. The summed E-state index contributed by atoms with van der Waals surface area (Å²) in [4.78, 5) is 23.1. The van der Waals surface area contributed by atoms with E-state index in [4.69, 9.17) is 9.97 Å². The number of hydrogen-bond donors (Lipinski definition) is 2. The van der Waals surface area contributed by atoms with Gasteiger partial charge in [0.15, 0.2) is 5.65 Å². The van der Waals surface area contributed by atoms with Crippen molar-refractivity contribution >= 4 is 74.4 Å². The van der Waals surface area contributed by atoms with Gasteiger partial charge in [-0.05, 0) is 84.5 Å². The predicted octanol–water partition coefficient (Wildman–Crippen LogP) is 6.22. The predicted molar refractivity (Wildman–Crippen MR) is 135 cm³/mol. The van der Waals surface area contributed by atoms with Gasteiger partial charge in [0.1, 0.15) is 17.2 Å². The van der Waals surface area contributed by atoms with Crippen LogP contribution in [0.15, 0.2) is 29.2 Å². The summed E-state index contributed by atoms with van der Waals surface area (Å²) in [7, 11) is 0. The van der Waals surface area contributed by atoms with Crippen LogP contribution in [-0.4, -0.2) is 26.5 Å². The summed E-state index contributed by atoms with van der Waals surface area (Å²) in [5, 5.41) is 6.60. The maximum Gasteiger partial charge on any atom is 0.228 e. The van der Waals surface area contributed by atoms with E-state index in [0.717, 1.165) is 47.1 Å². The summed E-state index contributed by atoms with van der Waals surface area (Å²) in [6.07, 6.45) is 7.12. The molecule has 2 aromatic heterocycles. The molecule has 0 saturated heterocycles. The fourth-order valence-corrected chi connectivity index (χ4v) is 6.35. The number of aromatic nitrogens is 3. The summed E-state index contributed by atoms with van der Waals surface area (Å²) < 4.78 is 2.10. The fraction of sp³-hybridized carbons (Fsp3) is 0.381. The number of amides is 1. The number of fused-ring (bicyclic) bond motifs is 1. The van der Waals surface area contributed by atoms with Crippen LogP contribution in [0.3, 0.4) is 0 Å². The van der Waals surface area contributed by atoms with E-state index in [2.05, 4.69) is 61.5 Å². The van der Waals surface area contributed by atoms with E-state index < -0.39 is 0 Å². The van der Waals surface area contributed by atoms with Gasteiger partial charge < -0.3 is 10.6 Å². The van der Waals surface area contributed by atoms with Gasteiger partial charge in [-0.25, -0.2) is 9.97 Å². The van der Waals surface area contributed by atoms with Crippen LogP contribution in [0.5, 0.6) is 0 Å². The molecule has 0 radical (unpaired) electrons. The highest BCUT2D eigenvalue weighted by atomic mass is 127. The number of carbonyl (C=O) groups excluding carboxylic acids is 1. The lowest BCUT2D eigenvalue weighted by Gasteiger charge is -2.14. The second kappa shape index (κ2) is 8.28. The van der Waals surface area contributed by atoms with Crippen molar-refractivity contribution in [3.05, 3.63) is 35.7 Å². The van der Waals surface area contributed by atoms with E-state index in [1.165, 1.54) is 23.3 Å². The first-order valence-electron chi connectivity index (χ1n) is 10.1. The van der Waals surface area contributed by atoms with Crippen LogP contribution in [-0.2, 0) is 4.79 Å². The molecule has 2 aliphatic carbocycles. The molecular weight excluding hydrogens is 528 g/mol. The maximum absolute atomic E-state index is 12.4. The highest BCUT2D eigenvalue weighted by Gasteiger charge is 2.30. The number of pyridine rings is 1. The Kier molecular flexibility index (Phi) is 5.66. The van der Waals surface area contributed by atoms with Crippen LogP contribution in [0.2, 0.25) is 0 Å². The average Bonchev–Trinajstić information content (AvgIpc) is 3.64. The number of nitrogens with one attached hydrogen (secondary N) is 2. The summed E-state index contributed by atoms with van der Waals surface area (Å²) in [5.41, 5.74) is 4.99. The van der Waals surface area contributed by atoms with Gasteiger partial charge in [-0.15, -0.1) is 11.8 Å². The lowest BCUT2D eigenvalue weighted by atomic mass is 10.1. The van der Waals surface area contributed by atoms with Gasteiger partial charge >= 0.3 is 0 Å². The van der Waals surface area contributed by atoms with Crippen molar-refractivity contribution < 1.29 is 4.79 Å². The molecule has 1 amide bonds. The van der Waals surface area contributed by atoms with E-state index in [1.54, 1.807) is 11.8 Å². The van der Waals surface area contributed by atoms with Gasteiger partial charge in [-0.3, -0.25) is 9.13 Å². The SMILES string of the molecule is CSc1cc(C2CC2)ccc1Nc1cc(NC(=O)C2CC2)nc2c1nc(C)n2PI. The van der Waals surface area contributed by atoms with Gasteiger partial charge in [0, 0.05) is 16.9 Å². The Morgan fingerprint density at radius 3 is 2.67 bits per heavy atom. The van der Waals surface area contributed by atoms with Crippen LogP contribution >= 0.6 is 40.2 Å². The lowest BCUT2D eigenvalue weighted by Crippen LogP contribution is -2.14. The second-order valence-electron chi connectivity index (χ2n) is 7.93. The zero-order chi connectivity index (χ0) is 20.8. The lowest BCUT2D eigenvalue weighted by molar-refractivity contribution is -0.117. The Balaban J connectivity index is 1.55. The zero-order valence-electron chi connectivity index (χ0n) is 16.8. The van der Waals surface area contributed by atoms with Gasteiger partial charge in [0.2, 0.25) is 5.91 Å². The molecule has 1 aromatic carbocycles. The molecule has 1 atom stereocenters. The molecule has 2 saturated carbocycles. The molecule has 1 unspecified atom stereocenters. The molecule has 2 fully saturated rings. The normalized spacial score (nSPS) is 16.5. The summed E-state index contributed by atoms with van der Waals surface area (Å²) >= 11 is 4.09. The molecule has 3 aromatic rings. The van der Waals surface area contributed by atoms with Crippen molar-refractivity contribution in [1.82, 2.24) is 14.3 Å². The van der Waals surface area contributed by atoms with E-state index >= 15 is 0 Å². The number of thioether (sulfide) groups is 1. The maximum atomic E-state index is 12.4. The number of carbonyl (C=O) groups is 1. The van der Waals surface area contributed by atoms with E-state index in [0.29, 0.717) is 12.2 Å². The Morgan fingerprint density at radius 2 is 2.00 bits per heavy atom. The smallest absolute Gasteiger partial charge is 0.228 e. The molecule has 0 aliphatic heterocycles. The Bertz CT molecular complexity index is 1140. The van der Waals surface area contributed by atoms with E-state index in [1.807, 2.05) is 13.0 Å². The highest BCUT2D eigenvalue weighted by Crippen LogP contribution is 2.43. The number of imidazole rings is 1. The molecular formula is C21H23IN5OPS. The summed E-state index contributed by atoms with van der Waals surface area (Å²) in [6.45, 7) is 2.00. The standard InChI is InChI=1S/C21H23IN5OPS/c1-11-23-19-16(24-15-8-7-14(12-3-4-12)9-17(15)30-2)10-18(25-20(19)27(11)29-22)26-21(28)13-5-6-13/h7-10,12-13,29H,3-6H2,1-2H3,(H2,24,25,26,28). The van der Waals surface area contributed by atoms with E-state index in [9.17, 15) is 4.79 Å². The fourth-order valence-electron chi connectivity index (χ4n) is 3.62. The number of aryl methyl sites for hydroxylation is 1. The Hall–Kier alpha value is -1.38. The number of anilines is 3. The average molecular weight is 551 g/mol. The molecule has 2 aliphatic rings. The quantitative estimate of drug-likeness (QED) is 0.207. The largest absolute Gasteiger partial charge is 0.353 e. The van der Waals surface area contributed by atoms with E-state index in [-0.39, 0.29) is 11.8 Å². The first-order chi connectivity index (χ1) is 14.6. The van der Waals surface area contributed by atoms with Gasteiger partial charge in [0.05, 0.1) is 17.7 Å². The van der Waals surface area contributed by atoms with Crippen LogP contribution in [0.25, 0.3) is 11.2 Å². The Morgan fingerprint density at radius 1 is 1.20 bits per heavy atom. The van der Waals surface area contributed by atoms with Crippen LogP contribution < -0.4 is 10.6 Å². The van der Waals surface area contributed by atoms with Gasteiger partial charge in [-0.1, -0.05) is 6.07 Å².